The first-order valence-electron chi connectivity index (χ1n) is 10.5. The number of allylic oxidation sites excluding steroid dienone is 2. The summed E-state index contributed by atoms with van der Waals surface area (Å²) in [4.78, 5) is 0. The van der Waals surface area contributed by atoms with E-state index in [-0.39, 0.29) is 24.8 Å². The number of hydrogen-bond donors (Lipinski definition) is 0. The second kappa shape index (κ2) is 9.95. The van der Waals surface area contributed by atoms with Crippen LogP contribution in [-0.2, 0) is 21.3 Å². The van der Waals surface area contributed by atoms with Crippen molar-refractivity contribution in [1.29, 1.82) is 0 Å². The molecule has 2 unspecified atom stereocenters. The van der Waals surface area contributed by atoms with Crippen LogP contribution in [-0.4, -0.2) is 3.21 Å². The summed E-state index contributed by atoms with van der Waals surface area (Å²) in [6, 6.07) is 29.3. The molecular formula is C28H26Cl2Zr. The number of benzene rings is 3. The van der Waals surface area contributed by atoms with Gasteiger partial charge in [-0.3, -0.25) is 0 Å². The number of hydrogen-bond acceptors (Lipinski definition) is 0. The molecule has 0 saturated heterocycles. The Morgan fingerprint density at radius 3 is 1.52 bits per heavy atom. The Labute approximate surface area is 206 Å². The van der Waals surface area contributed by atoms with Crippen molar-refractivity contribution in [2.45, 2.75) is 28.0 Å². The van der Waals surface area contributed by atoms with E-state index >= 15 is 0 Å². The molecule has 3 aromatic rings. The zero-order valence-electron chi connectivity index (χ0n) is 18.1. The van der Waals surface area contributed by atoms with Crippen molar-refractivity contribution in [3.8, 4) is 0 Å². The fraction of sp³-hybridized carbons (Fsp3) is 0.179. The normalized spacial score (nSPS) is 17.7. The van der Waals surface area contributed by atoms with Crippen LogP contribution in [0.1, 0.15) is 55.8 Å². The predicted octanol–water partition coefficient (Wildman–Crippen LogP) is 1.17. The molecule has 2 aliphatic carbocycles. The van der Waals surface area contributed by atoms with Crippen molar-refractivity contribution in [3.63, 3.8) is 0 Å². The van der Waals surface area contributed by atoms with Gasteiger partial charge >= 0.3 is 182 Å². The molecule has 0 bridgehead atoms. The first-order chi connectivity index (χ1) is 14.1. The molecule has 0 radical (unpaired) electrons. The zero-order chi connectivity index (χ0) is 20.0. The molecule has 2 atom stereocenters. The summed E-state index contributed by atoms with van der Waals surface area (Å²) in [5, 5.41) is 0. The molecule has 0 amide bonds. The molecule has 0 N–H and O–H groups in total. The van der Waals surface area contributed by atoms with Crippen molar-refractivity contribution < 1.29 is 46.1 Å². The van der Waals surface area contributed by atoms with Crippen LogP contribution >= 0.6 is 0 Å². The summed E-state index contributed by atoms with van der Waals surface area (Å²) < 4.78 is 2.89. The molecular weight excluding hydrogens is 498 g/mol. The van der Waals surface area contributed by atoms with Crippen molar-refractivity contribution in [2.24, 2.45) is 0 Å². The van der Waals surface area contributed by atoms with Gasteiger partial charge in [0.2, 0.25) is 0 Å². The first-order valence-corrected chi connectivity index (χ1v) is 14.5. The molecule has 0 fully saturated rings. The number of halogens is 2. The minimum absolute atomic E-state index is 0. The van der Waals surface area contributed by atoms with Crippen LogP contribution < -0.4 is 24.8 Å². The summed E-state index contributed by atoms with van der Waals surface area (Å²) in [6.07, 6.45) is 4.89. The van der Waals surface area contributed by atoms with Crippen LogP contribution in [0, 0.1) is 0 Å². The third-order valence-corrected chi connectivity index (χ3v) is 16.2. The number of fused-ring (bicyclic) bond motifs is 2. The predicted molar refractivity (Wildman–Crippen MR) is 122 cm³/mol. The molecule has 0 aromatic heterocycles. The van der Waals surface area contributed by atoms with Gasteiger partial charge in [-0.1, -0.05) is 0 Å². The third kappa shape index (κ3) is 4.26. The third-order valence-electron chi connectivity index (χ3n) is 6.55. The molecule has 2 aliphatic rings. The van der Waals surface area contributed by atoms with Gasteiger partial charge in [0.05, 0.1) is 0 Å². The summed E-state index contributed by atoms with van der Waals surface area (Å²) >= 11 is -2.25. The van der Waals surface area contributed by atoms with E-state index in [1.54, 1.807) is 25.5 Å². The van der Waals surface area contributed by atoms with Crippen LogP contribution in [0.2, 0.25) is 0 Å². The van der Waals surface area contributed by atoms with Crippen molar-refractivity contribution in [2.75, 3.05) is 0 Å². The van der Waals surface area contributed by atoms with E-state index in [0.29, 0.717) is 7.25 Å². The van der Waals surface area contributed by atoms with Gasteiger partial charge in [-0.2, -0.15) is 0 Å². The van der Waals surface area contributed by atoms with Gasteiger partial charge in [-0.25, -0.2) is 0 Å². The Bertz CT molecular complexity index is 1120. The van der Waals surface area contributed by atoms with E-state index in [2.05, 4.69) is 112 Å². The maximum atomic E-state index is 2.44. The first kappa shape index (κ1) is 24.1. The molecule has 0 aliphatic heterocycles. The smallest absolute Gasteiger partial charge is 1.00 e. The second-order valence-corrected chi connectivity index (χ2v) is 15.3. The Morgan fingerprint density at radius 2 is 1.03 bits per heavy atom. The van der Waals surface area contributed by atoms with E-state index in [1.165, 1.54) is 16.7 Å². The molecule has 3 aromatic carbocycles. The molecule has 0 nitrogen and oxygen atoms in total. The van der Waals surface area contributed by atoms with E-state index in [0.717, 1.165) is 0 Å². The van der Waals surface area contributed by atoms with Crippen LogP contribution in [0.4, 0.5) is 0 Å². The van der Waals surface area contributed by atoms with Crippen LogP contribution in [0.15, 0.2) is 90.0 Å². The van der Waals surface area contributed by atoms with E-state index in [4.69, 9.17) is 0 Å². The molecule has 3 heteroatoms. The molecule has 0 heterocycles. The Balaban J connectivity index is 0.00000136. The molecule has 156 valence electrons. The van der Waals surface area contributed by atoms with Crippen molar-refractivity contribution in [3.05, 3.63) is 118 Å². The largest absolute Gasteiger partial charge is 1.00 e. The topological polar surface area (TPSA) is 0 Å². The van der Waals surface area contributed by atoms with Gasteiger partial charge in [0.25, 0.3) is 0 Å². The van der Waals surface area contributed by atoms with E-state index < -0.39 is 21.3 Å². The van der Waals surface area contributed by atoms with Gasteiger partial charge in [-0.05, 0) is 0 Å². The van der Waals surface area contributed by atoms with Gasteiger partial charge in [-0.15, -0.1) is 0 Å². The SMILES string of the molecule is CC1=Cc2ccccc2[CH]1[Zr+2](=[C](C)c1ccccc1)[CH]1C(C)=Cc2ccccc21.[Cl-].[Cl-]. The Hall–Kier alpha value is -1.53. The van der Waals surface area contributed by atoms with E-state index in [1.807, 2.05) is 0 Å². The minimum Gasteiger partial charge on any atom is -1.00 e. The molecule has 5 rings (SSSR count). The van der Waals surface area contributed by atoms with Crippen LogP contribution in [0.5, 0.6) is 0 Å². The van der Waals surface area contributed by atoms with Crippen molar-refractivity contribution in [1.82, 2.24) is 0 Å². The quantitative estimate of drug-likeness (QED) is 0.483. The summed E-state index contributed by atoms with van der Waals surface area (Å²) in [6.45, 7) is 7.17. The molecule has 0 saturated carbocycles. The van der Waals surface area contributed by atoms with E-state index in [9.17, 15) is 0 Å². The maximum absolute atomic E-state index is 2.44. The Kier molecular flexibility index (Phi) is 7.74. The average molecular weight is 525 g/mol. The van der Waals surface area contributed by atoms with Gasteiger partial charge < -0.3 is 24.8 Å². The summed E-state index contributed by atoms with van der Waals surface area (Å²) in [5.74, 6) is 0. The van der Waals surface area contributed by atoms with Gasteiger partial charge in [0.15, 0.2) is 0 Å². The molecule has 31 heavy (non-hydrogen) atoms. The summed E-state index contributed by atoms with van der Waals surface area (Å²) in [7, 11) is 0. The zero-order valence-corrected chi connectivity index (χ0v) is 22.0. The summed E-state index contributed by atoms with van der Waals surface area (Å²) in [5.41, 5.74) is 10.6. The Morgan fingerprint density at radius 1 is 0.613 bits per heavy atom. The van der Waals surface area contributed by atoms with Crippen LogP contribution in [0.3, 0.4) is 0 Å². The van der Waals surface area contributed by atoms with Gasteiger partial charge in [0.1, 0.15) is 0 Å². The monoisotopic (exact) mass is 522 g/mol. The average Bonchev–Trinajstić information content (AvgIpc) is 3.25. The molecule has 0 spiro atoms. The fourth-order valence-electron chi connectivity index (χ4n) is 5.24. The minimum atomic E-state index is -2.25. The van der Waals surface area contributed by atoms with Crippen LogP contribution in [0.25, 0.3) is 12.2 Å². The van der Waals surface area contributed by atoms with Gasteiger partial charge in [0, 0.05) is 0 Å². The van der Waals surface area contributed by atoms with Crippen molar-refractivity contribution >= 4 is 15.4 Å². The fourth-order valence-corrected chi connectivity index (χ4v) is 15.2. The second-order valence-electron chi connectivity index (χ2n) is 8.35. The maximum Gasteiger partial charge on any atom is -1.00 e. The standard InChI is InChI=1S/2C10H9.C8H8.2ClH.Zr/c2*1-8-6-9-4-2-3-5-10(9)7-8;1-2-8-6-4-3-5-7-8;;;/h2*2-7H,1H3;3-7H,1H3;2*1H;/q;;;;;+2/p-2. The number of rotatable bonds is 3.